The number of alkyl halides is 2. The minimum absolute atomic E-state index is 0.0359. The van der Waals surface area contributed by atoms with E-state index in [-0.39, 0.29) is 23.9 Å². The van der Waals surface area contributed by atoms with Gasteiger partial charge in [0.25, 0.3) is 5.91 Å². The summed E-state index contributed by atoms with van der Waals surface area (Å²) in [6, 6.07) is 9.08. The SMILES string of the molecule is O=C(Nc1ccc(F)cc1OC(F)F)c1ccn(COc2c(Cl)cccc2Cl)n1. The lowest BCUT2D eigenvalue weighted by molar-refractivity contribution is -0.0495. The fraction of sp³-hybridized carbons (Fsp3) is 0.111. The van der Waals surface area contributed by atoms with Gasteiger partial charge < -0.3 is 14.8 Å². The zero-order chi connectivity index (χ0) is 21.0. The molecule has 29 heavy (non-hydrogen) atoms. The summed E-state index contributed by atoms with van der Waals surface area (Å²) in [6.45, 7) is -3.27. The van der Waals surface area contributed by atoms with E-state index in [0.717, 1.165) is 18.2 Å². The minimum atomic E-state index is -3.18. The average Bonchev–Trinajstić information content (AvgIpc) is 3.12. The van der Waals surface area contributed by atoms with Crippen molar-refractivity contribution in [2.75, 3.05) is 5.32 Å². The van der Waals surface area contributed by atoms with Crippen LogP contribution in [0.1, 0.15) is 10.5 Å². The van der Waals surface area contributed by atoms with Gasteiger partial charge in [0.1, 0.15) is 5.82 Å². The number of carbonyl (C=O) groups is 1. The minimum Gasteiger partial charge on any atom is -0.468 e. The van der Waals surface area contributed by atoms with Crippen LogP contribution in [0, 0.1) is 5.82 Å². The van der Waals surface area contributed by atoms with Gasteiger partial charge in [0.15, 0.2) is 23.9 Å². The third kappa shape index (κ3) is 5.33. The van der Waals surface area contributed by atoms with Crippen LogP contribution in [-0.2, 0) is 6.73 Å². The summed E-state index contributed by atoms with van der Waals surface area (Å²) in [5, 5.41) is 6.98. The maximum absolute atomic E-state index is 13.3. The molecule has 152 valence electrons. The second-order valence-corrected chi connectivity index (χ2v) is 6.35. The molecule has 2 aromatic carbocycles. The molecule has 1 heterocycles. The molecule has 1 aromatic heterocycles. The van der Waals surface area contributed by atoms with E-state index in [9.17, 15) is 18.0 Å². The maximum Gasteiger partial charge on any atom is 0.387 e. The highest BCUT2D eigenvalue weighted by atomic mass is 35.5. The molecule has 6 nitrogen and oxygen atoms in total. The number of benzene rings is 2. The van der Waals surface area contributed by atoms with Crippen LogP contribution in [0.4, 0.5) is 18.9 Å². The molecule has 0 radical (unpaired) electrons. The van der Waals surface area contributed by atoms with Crippen LogP contribution in [0.2, 0.25) is 10.0 Å². The number of anilines is 1. The number of hydrogen-bond donors (Lipinski definition) is 1. The first-order valence-electron chi connectivity index (χ1n) is 7.99. The summed E-state index contributed by atoms with van der Waals surface area (Å²) in [7, 11) is 0. The second kappa shape index (κ2) is 9.06. The third-order valence-electron chi connectivity index (χ3n) is 3.54. The number of halogens is 5. The third-order valence-corrected chi connectivity index (χ3v) is 4.14. The molecule has 0 saturated carbocycles. The van der Waals surface area contributed by atoms with Gasteiger partial charge in [0.05, 0.1) is 15.7 Å². The monoisotopic (exact) mass is 445 g/mol. The van der Waals surface area contributed by atoms with Gasteiger partial charge in [-0.15, -0.1) is 0 Å². The van der Waals surface area contributed by atoms with E-state index in [1.807, 2.05) is 0 Å². The Labute approximate surface area is 172 Å². The lowest BCUT2D eigenvalue weighted by atomic mass is 10.2. The molecule has 0 bridgehead atoms. The van der Waals surface area contributed by atoms with E-state index >= 15 is 0 Å². The predicted octanol–water partition coefficient (Wildman–Crippen LogP) is 5.22. The molecule has 0 aliphatic carbocycles. The number of amides is 1. The van der Waals surface area contributed by atoms with Gasteiger partial charge in [-0.1, -0.05) is 29.3 Å². The number of nitrogens with zero attached hydrogens (tertiary/aromatic N) is 2. The molecule has 0 saturated heterocycles. The fourth-order valence-corrected chi connectivity index (χ4v) is 2.79. The van der Waals surface area contributed by atoms with Crippen LogP contribution in [-0.4, -0.2) is 22.3 Å². The smallest absolute Gasteiger partial charge is 0.387 e. The summed E-state index contributed by atoms with van der Waals surface area (Å²) < 4.78 is 49.2. The Morgan fingerprint density at radius 3 is 2.59 bits per heavy atom. The van der Waals surface area contributed by atoms with Gasteiger partial charge in [-0.2, -0.15) is 13.9 Å². The topological polar surface area (TPSA) is 65.4 Å². The average molecular weight is 446 g/mol. The molecule has 0 spiro atoms. The van der Waals surface area contributed by atoms with Crippen molar-refractivity contribution in [3.05, 3.63) is 70.2 Å². The quantitative estimate of drug-likeness (QED) is 0.541. The van der Waals surface area contributed by atoms with E-state index in [0.29, 0.717) is 10.0 Å². The highest BCUT2D eigenvalue weighted by Gasteiger charge is 2.16. The lowest BCUT2D eigenvalue weighted by Crippen LogP contribution is -2.16. The van der Waals surface area contributed by atoms with Gasteiger partial charge >= 0.3 is 6.61 Å². The summed E-state index contributed by atoms with van der Waals surface area (Å²) >= 11 is 12.0. The highest BCUT2D eigenvalue weighted by Crippen LogP contribution is 2.32. The zero-order valence-electron chi connectivity index (χ0n) is 14.4. The molecule has 0 atom stereocenters. The Kier molecular flexibility index (Phi) is 6.50. The van der Waals surface area contributed by atoms with Crippen LogP contribution in [0.15, 0.2) is 48.7 Å². The first-order valence-corrected chi connectivity index (χ1v) is 8.75. The Bertz CT molecular complexity index is 1010. The van der Waals surface area contributed by atoms with Crippen LogP contribution in [0.5, 0.6) is 11.5 Å². The molecular formula is C18H12Cl2F3N3O3. The molecule has 3 rings (SSSR count). The zero-order valence-corrected chi connectivity index (χ0v) is 15.9. The van der Waals surface area contributed by atoms with Crippen molar-refractivity contribution in [2.24, 2.45) is 0 Å². The van der Waals surface area contributed by atoms with Gasteiger partial charge in [-0.05, 0) is 30.3 Å². The number of aromatic nitrogens is 2. The van der Waals surface area contributed by atoms with Gasteiger partial charge in [-0.3, -0.25) is 4.79 Å². The van der Waals surface area contributed by atoms with Crippen molar-refractivity contribution in [2.45, 2.75) is 13.3 Å². The lowest BCUT2D eigenvalue weighted by Gasteiger charge is -2.11. The molecule has 0 aliphatic heterocycles. The van der Waals surface area contributed by atoms with Crippen LogP contribution >= 0.6 is 23.2 Å². The van der Waals surface area contributed by atoms with Crippen molar-refractivity contribution in [1.29, 1.82) is 0 Å². The number of rotatable bonds is 7. The predicted molar refractivity (Wildman–Crippen MR) is 100 cm³/mol. The fourth-order valence-electron chi connectivity index (χ4n) is 2.29. The van der Waals surface area contributed by atoms with E-state index in [1.54, 1.807) is 18.2 Å². The number of nitrogens with one attached hydrogen (secondary N) is 1. The van der Waals surface area contributed by atoms with E-state index in [2.05, 4.69) is 15.2 Å². The summed E-state index contributed by atoms with van der Waals surface area (Å²) in [6.07, 6.45) is 1.46. The van der Waals surface area contributed by atoms with Crippen molar-refractivity contribution in [1.82, 2.24) is 9.78 Å². The molecular weight excluding hydrogens is 434 g/mol. The first kappa shape index (κ1) is 20.8. The number of carbonyl (C=O) groups excluding carboxylic acids is 1. The molecule has 1 N–H and O–H groups in total. The van der Waals surface area contributed by atoms with Crippen molar-refractivity contribution in [3.63, 3.8) is 0 Å². The molecule has 1 amide bonds. The number of ether oxygens (including phenoxy) is 2. The molecule has 3 aromatic rings. The van der Waals surface area contributed by atoms with Crippen molar-refractivity contribution < 1.29 is 27.4 Å². The maximum atomic E-state index is 13.3. The van der Waals surface area contributed by atoms with E-state index in [1.165, 1.54) is 16.9 Å². The Morgan fingerprint density at radius 1 is 1.17 bits per heavy atom. The second-order valence-electron chi connectivity index (χ2n) is 5.54. The van der Waals surface area contributed by atoms with Crippen LogP contribution < -0.4 is 14.8 Å². The highest BCUT2D eigenvalue weighted by molar-refractivity contribution is 6.37. The molecule has 11 heteroatoms. The summed E-state index contributed by atoms with van der Waals surface area (Å²) in [4.78, 5) is 12.3. The van der Waals surface area contributed by atoms with Gasteiger partial charge in [0.2, 0.25) is 0 Å². The summed E-state index contributed by atoms with van der Waals surface area (Å²) in [5.41, 5.74) is -0.170. The van der Waals surface area contributed by atoms with Crippen LogP contribution in [0.3, 0.4) is 0 Å². The molecule has 0 unspecified atom stereocenters. The Morgan fingerprint density at radius 2 is 1.90 bits per heavy atom. The van der Waals surface area contributed by atoms with E-state index in [4.69, 9.17) is 27.9 Å². The van der Waals surface area contributed by atoms with Crippen molar-refractivity contribution >= 4 is 34.8 Å². The standard InChI is InChI=1S/C18H12Cl2F3N3O3/c19-11-2-1-3-12(20)16(11)28-9-26-7-6-14(25-26)17(27)24-13-5-4-10(21)8-15(13)29-18(22)23/h1-8,18H,9H2,(H,24,27). The van der Waals surface area contributed by atoms with Crippen LogP contribution in [0.25, 0.3) is 0 Å². The Hall–Kier alpha value is -2.91. The number of para-hydroxylation sites is 1. The van der Waals surface area contributed by atoms with Crippen molar-refractivity contribution in [3.8, 4) is 11.5 Å². The summed E-state index contributed by atoms with van der Waals surface area (Å²) in [5.74, 6) is -1.76. The normalized spacial score (nSPS) is 10.8. The Balaban J connectivity index is 1.68. The first-order chi connectivity index (χ1) is 13.8. The largest absolute Gasteiger partial charge is 0.468 e. The van der Waals surface area contributed by atoms with E-state index < -0.39 is 24.1 Å². The van der Waals surface area contributed by atoms with Gasteiger partial charge in [0, 0.05) is 12.3 Å². The molecule has 0 fully saturated rings. The molecule has 0 aliphatic rings. The number of hydrogen-bond acceptors (Lipinski definition) is 4. The van der Waals surface area contributed by atoms with Gasteiger partial charge in [-0.25, -0.2) is 9.07 Å².